The molecule has 8 heteroatoms. The summed E-state index contributed by atoms with van der Waals surface area (Å²) in [7, 11) is -5.34. The molecule has 0 bridgehead atoms. The van der Waals surface area contributed by atoms with Gasteiger partial charge in [-0.25, -0.2) is 8.42 Å². The lowest BCUT2D eigenvalue weighted by atomic mass is 10.2. The lowest BCUT2D eigenvalue weighted by Gasteiger charge is -2.14. The predicted molar refractivity (Wildman–Crippen MR) is 71.1 cm³/mol. The van der Waals surface area contributed by atoms with Crippen molar-refractivity contribution in [1.82, 2.24) is 0 Å². The number of anilines is 1. The average Bonchev–Trinajstić information content (AvgIpc) is 2.37. The Balaban J connectivity index is 2.84. The smallest absolute Gasteiger partial charge is 0.384 e. The number of benzene rings is 1. The number of para-hydroxylation sites is 1. The summed E-state index contributed by atoms with van der Waals surface area (Å²) in [4.78, 5) is -0.744. The number of hydrogen-bond acceptors (Lipinski definition) is 4. The first-order chi connectivity index (χ1) is 9.30. The van der Waals surface area contributed by atoms with Crippen LogP contribution in [0.3, 0.4) is 0 Å². The SMILES string of the molecule is NCCCCCNc1ccccc1S(=O)(=O)C(F)(F)F. The third kappa shape index (κ3) is 4.11. The molecule has 0 aliphatic rings. The molecule has 4 nitrogen and oxygen atoms in total. The molecule has 0 unspecified atom stereocenters. The van der Waals surface area contributed by atoms with Gasteiger partial charge in [0.15, 0.2) is 0 Å². The molecule has 0 saturated heterocycles. The van der Waals surface area contributed by atoms with Crippen LogP contribution in [-0.4, -0.2) is 27.0 Å². The summed E-state index contributed by atoms with van der Waals surface area (Å²) in [6, 6.07) is 5.02. The maximum atomic E-state index is 12.6. The topological polar surface area (TPSA) is 72.2 Å². The van der Waals surface area contributed by atoms with Crippen LogP contribution in [0.4, 0.5) is 18.9 Å². The van der Waals surface area contributed by atoms with E-state index in [2.05, 4.69) is 5.32 Å². The zero-order chi connectivity index (χ0) is 15.2. The van der Waals surface area contributed by atoms with E-state index in [1.807, 2.05) is 0 Å². The fourth-order valence-corrected chi connectivity index (χ4v) is 2.58. The van der Waals surface area contributed by atoms with Gasteiger partial charge < -0.3 is 11.1 Å². The lowest BCUT2D eigenvalue weighted by Crippen LogP contribution is -2.24. The fourth-order valence-electron chi connectivity index (χ4n) is 1.64. The first-order valence-corrected chi connectivity index (χ1v) is 7.63. The van der Waals surface area contributed by atoms with Crippen LogP contribution < -0.4 is 11.1 Å². The van der Waals surface area contributed by atoms with Crippen LogP contribution in [0.1, 0.15) is 19.3 Å². The van der Waals surface area contributed by atoms with Crippen LogP contribution in [-0.2, 0) is 9.84 Å². The standard InChI is InChI=1S/C12H17F3N2O2S/c13-12(14,15)20(18,19)11-7-3-2-6-10(11)17-9-5-1-4-8-16/h2-3,6-7,17H,1,4-5,8-9,16H2. The Kier molecular flexibility index (Phi) is 5.82. The highest BCUT2D eigenvalue weighted by Crippen LogP contribution is 2.34. The van der Waals surface area contributed by atoms with Crippen molar-refractivity contribution in [1.29, 1.82) is 0 Å². The number of hydrogen-bond donors (Lipinski definition) is 2. The first kappa shape index (κ1) is 16.8. The van der Waals surface area contributed by atoms with E-state index in [9.17, 15) is 21.6 Å². The summed E-state index contributed by atoms with van der Waals surface area (Å²) in [5.41, 5.74) is -0.00507. The minimum Gasteiger partial charge on any atom is -0.384 e. The number of nitrogens with one attached hydrogen (secondary N) is 1. The highest BCUT2D eigenvalue weighted by atomic mass is 32.2. The maximum absolute atomic E-state index is 12.6. The summed E-state index contributed by atoms with van der Waals surface area (Å²) in [6.45, 7) is 0.948. The Morgan fingerprint density at radius 2 is 1.75 bits per heavy atom. The highest BCUT2D eigenvalue weighted by molar-refractivity contribution is 7.92. The molecule has 1 aromatic rings. The van der Waals surface area contributed by atoms with E-state index < -0.39 is 20.2 Å². The van der Waals surface area contributed by atoms with Gasteiger partial charge in [-0.2, -0.15) is 13.2 Å². The Hall–Kier alpha value is -1.28. The predicted octanol–water partition coefficient (Wildman–Crippen LogP) is 2.52. The van der Waals surface area contributed by atoms with Crippen LogP contribution in [0.2, 0.25) is 0 Å². The van der Waals surface area contributed by atoms with Crippen molar-refractivity contribution in [3.05, 3.63) is 24.3 Å². The number of unbranched alkanes of at least 4 members (excludes halogenated alkanes) is 2. The third-order valence-corrected chi connectivity index (χ3v) is 4.22. The van der Waals surface area contributed by atoms with Crippen molar-refractivity contribution < 1.29 is 21.6 Å². The number of halogens is 3. The van der Waals surface area contributed by atoms with Crippen LogP contribution in [0.15, 0.2) is 29.2 Å². The van der Waals surface area contributed by atoms with Gasteiger partial charge in [0, 0.05) is 6.54 Å². The molecule has 0 radical (unpaired) electrons. The molecular weight excluding hydrogens is 293 g/mol. The van der Waals surface area contributed by atoms with Gasteiger partial charge in [-0.3, -0.25) is 0 Å². The van der Waals surface area contributed by atoms with E-state index in [4.69, 9.17) is 5.73 Å². The van der Waals surface area contributed by atoms with Crippen molar-refractivity contribution in [2.45, 2.75) is 29.7 Å². The first-order valence-electron chi connectivity index (χ1n) is 6.15. The molecule has 1 rings (SSSR count). The van der Waals surface area contributed by atoms with Crippen LogP contribution in [0, 0.1) is 0 Å². The van der Waals surface area contributed by atoms with Gasteiger partial charge >= 0.3 is 5.51 Å². The molecule has 0 spiro atoms. The lowest BCUT2D eigenvalue weighted by molar-refractivity contribution is -0.0435. The van der Waals surface area contributed by atoms with Crippen molar-refractivity contribution >= 4 is 15.5 Å². The fraction of sp³-hybridized carbons (Fsp3) is 0.500. The molecule has 0 heterocycles. The zero-order valence-corrected chi connectivity index (χ0v) is 11.6. The Morgan fingerprint density at radius 3 is 2.35 bits per heavy atom. The van der Waals surface area contributed by atoms with Gasteiger partial charge in [0.2, 0.25) is 0 Å². The van der Waals surface area contributed by atoms with E-state index in [1.165, 1.54) is 18.2 Å². The van der Waals surface area contributed by atoms with Gasteiger partial charge in [-0.15, -0.1) is 0 Å². The van der Waals surface area contributed by atoms with Crippen molar-refractivity contribution in [3.63, 3.8) is 0 Å². The molecule has 0 amide bonds. The van der Waals surface area contributed by atoms with Gasteiger partial charge in [0.25, 0.3) is 9.84 Å². The second kappa shape index (κ2) is 6.94. The Labute approximate surface area is 116 Å². The molecule has 3 N–H and O–H groups in total. The molecule has 0 atom stereocenters. The maximum Gasteiger partial charge on any atom is 0.501 e. The van der Waals surface area contributed by atoms with Gasteiger partial charge in [0.05, 0.1) is 10.6 Å². The zero-order valence-electron chi connectivity index (χ0n) is 10.8. The van der Waals surface area contributed by atoms with E-state index in [0.717, 1.165) is 18.9 Å². The van der Waals surface area contributed by atoms with Gasteiger partial charge in [0.1, 0.15) is 0 Å². The molecule has 0 aliphatic heterocycles. The van der Waals surface area contributed by atoms with Crippen LogP contribution in [0.25, 0.3) is 0 Å². The van der Waals surface area contributed by atoms with Crippen molar-refractivity contribution in [2.24, 2.45) is 5.73 Å². The number of alkyl halides is 3. The molecule has 114 valence electrons. The van der Waals surface area contributed by atoms with E-state index >= 15 is 0 Å². The summed E-state index contributed by atoms with van der Waals surface area (Å²) in [5.74, 6) is 0. The summed E-state index contributed by atoms with van der Waals surface area (Å²) in [5, 5.41) is 2.73. The number of nitrogens with two attached hydrogens (primary N) is 1. The van der Waals surface area contributed by atoms with Crippen molar-refractivity contribution in [3.8, 4) is 0 Å². The monoisotopic (exact) mass is 310 g/mol. The summed E-state index contributed by atoms with van der Waals surface area (Å²) < 4.78 is 60.5. The molecule has 0 fully saturated rings. The largest absolute Gasteiger partial charge is 0.501 e. The second-order valence-corrected chi connectivity index (χ2v) is 6.13. The third-order valence-electron chi connectivity index (χ3n) is 2.68. The summed E-state index contributed by atoms with van der Waals surface area (Å²) >= 11 is 0. The highest BCUT2D eigenvalue weighted by Gasteiger charge is 2.47. The number of rotatable bonds is 7. The minimum absolute atomic E-state index is 0.0300. The molecule has 0 saturated carbocycles. The van der Waals surface area contributed by atoms with E-state index in [1.54, 1.807) is 0 Å². The van der Waals surface area contributed by atoms with Crippen LogP contribution >= 0.6 is 0 Å². The molecule has 0 aliphatic carbocycles. The minimum atomic E-state index is -5.34. The number of sulfone groups is 1. The summed E-state index contributed by atoms with van der Waals surface area (Å²) in [6.07, 6.45) is 2.36. The average molecular weight is 310 g/mol. The normalized spacial score (nSPS) is 12.4. The quantitative estimate of drug-likeness (QED) is 0.759. The molecule has 20 heavy (non-hydrogen) atoms. The molecular formula is C12H17F3N2O2S. The van der Waals surface area contributed by atoms with E-state index in [0.29, 0.717) is 19.5 Å². The Morgan fingerprint density at radius 1 is 1.10 bits per heavy atom. The van der Waals surface area contributed by atoms with Crippen molar-refractivity contribution in [2.75, 3.05) is 18.4 Å². The molecule has 0 aromatic heterocycles. The van der Waals surface area contributed by atoms with E-state index in [-0.39, 0.29) is 5.69 Å². The van der Waals surface area contributed by atoms with Gasteiger partial charge in [-0.1, -0.05) is 18.6 Å². The second-order valence-electron chi connectivity index (χ2n) is 4.22. The molecule has 1 aromatic carbocycles. The van der Waals surface area contributed by atoms with Gasteiger partial charge in [-0.05, 0) is 31.5 Å². The van der Waals surface area contributed by atoms with Crippen LogP contribution in [0.5, 0.6) is 0 Å². The Bertz CT molecular complexity index is 530.